The van der Waals surface area contributed by atoms with Crippen LogP contribution in [-0.2, 0) is 0 Å². The first kappa shape index (κ1) is 13.8. The number of benzene rings is 1. The van der Waals surface area contributed by atoms with E-state index in [4.69, 9.17) is 0 Å². The first-order valence-electron chi connectivity index (χ1n) is 6.27. The zero-order valence-electron chi connectivity index (χ0n) is 11.9. The van der Waals surface area contributed by atoms with E-state index in [1.54, 1.807) is 0 Å². The van der Waals surface area contributed by atoms with Crippen molar-refractivity contribution in [3.05, 3.63) is 29.3 Å². The lowest BCUT2D eigenvalue weighted by Gasteiger charge is -2.16. The Hall–Kier alpha value is -1.31. The number of aliphatic imine (C=N–C) groups is 1. The lowest BCUT2D eigenvalue weighted by molar-refractivity contribution is 0.642. The third-order valence-corrected chi connectivity index (χ3v) is 2.76. The fourth-order valence-corrected chi connectivity index (χ4v) is 1.83. The van der Waals surface area contributed by atoms with Gasteiger partial charge in [0.1, 0.15) is 0 Å². The fraction of sp³-hybridized carbons (Fsp3) is 0.533. The van der Waals surface area contributed by atoms with Crippen molar-refractivity contribution in [2.75, 3.05) is 14.1 Å². The minimum absolute atomic E-state index is 0.503. The Morgan fingerprint density at radius 2 is 1.47 bits per heavy atom. The summed E-state index contributed by atoms with van der Waals surface area (Å²) in [6.07, 6.45) is 1.88. The number of nitrogens with zero attached hydrogens (tertiary/aromatic N) is 2. The summed E-state index contributed by atoms with van der Waals surface area (Å²) < 4.78 is 0. The molecule has 0 heterocycles. The normalized spacial score (nSPS) is 11.8. The average Bonchev–Trinajstić information content (AvgIpc) is 2.25. The van der Waals surface area contributed by atoms with Crippen molar-refractivity contribution in [3.8, 4) is 0 Å². The van der Waals surface area contributed by atoms with Gasteiger partial charge in [0, 0.05) is 14.1 Å². The molecule has 0 amide bonds. The van der Waals surface area contributed by atoms with Gasteiger partial charge in [-0.25, -0.2) is 4.99 Å². The second-order valence-electron chi connectivity index (χ2n) is 5.30. The molecular weight excluding hydrogens is 208 g/mol. The van der Waals surface area contributed by atoms with Crippen LogP contribution in [0.4, 0.5) is 5.69 Å². The topological polar surface area (TPSA) is 15.6 Å². The Morgan fingerprint density at radius 3 is 1.82 bits per heavy atom. The summed E-state index contributed by atoms with van der Waals surface area (Å²) in [5, 5.41) is 0. The highest BCUT2D eigenvalue weighted by atomic mass is 15.1. The molecule has 1 aromatic rings. The van der Waals surface area contributed by atoms with Gasteiger partial charge in [-0.2, -0.15) is 0 Å². The number of para-hydroxylation sites is 1. The molecule has 0 saturated heterocycles. The van der Waals surface area contributed by atoms with Crippen LogP contribution in [0.2, 0.25) is 0 Å². The average molecular weight is 232 g/mol. The molecule has 17 heavy (non-hydrogen) atoms. The van der Waals surface area contributed by atoms with Gasteiger partial charge in [0.15, 0.2) is 0 Å². The van der Waals surface area contributed by atoms with Crippen molar-refractivity contribution in [1.82, 2.24) is 4.90 Å². The van der Waals surface area contributed by atoms with Crippen molar-refractivity contribution in [2.45, 2.75) is 39.5 Å². The van der Waals surface area contributed by atoms with Crippen LogP contribution >= 0.6 is 0 Å². The van der Waals surface area contributed by atoms with Gasteiger partial charge in [0.25, 0.3) is 0 Å². The van der Waals surface area contributed by atoms with Crippen molar-refractivity contribution >= 4 is 12.0 Å². The van der Waals surface area contributed by atoms with Crippen LogP contribution in [0, 0.1) is 0 Å². The Labute approximate surface area is 105 Å². The van der Waals surface area contributed by atoms with E-state index in [2.05, 4.69) is 50.9 Å². The van der Waals surface area contributed by atoms with Crippen molar-refractivity contribution in [1.29, 1.82) is 0 Å². The molecule has 1 rings (SSSR count). The molecule has 0 fully saturated rings. The lowest BCUT2D eigenvalue weighted by Crippen LogP contribution is -2.07. The smallest absolute Gasteiger partial charge is 0.0907 e. The first-order chi connectivity index (χ1) is 7.93. The van der Waals surface area contributed by atoms with Gasteiger partial charge in [-0.15, -0.1) is 0 Å². The Bertz CT molecular complexity index is 364. The maximum atomic E-state index is 4.65. The third kappa shape index (κ3) is 3.58. The summed E-state index contributed by atoms with van der Waals surface area (Å²) >= 11 is 0. The second-order valence-corrected chi connectivity index (χ2v) is 5.30. The van der Waals surface area contributed by atoms with E-state index in [9.17, 15) is 0 Å². The predicted molar refractivity (Wildman–Crippen MR) is 76.5 cm³/mol. The highest BCUT2D eigenvalue weighted by Crippen LogP contribution is 2.34. The maximum Gasteiger partial charge on any atom is 0.0907 e. The highest BCUT2D eigenvalue weighted by molar-refractivity contribution is 5.66. The zero-order valence-corrected chi connectivity index (χ0v) is 11.9. The number of rotatable bonds is 4. The molecule has 0 aliphatic rings. The van der Waals surface area contributed by atoms with Crippen molar-refractivity contribution < 1.29 is 0 Å². The molecule has 0 aromatic heterocycles. The van der Waals surface area contributed by atoms with E-state index < -0.39 is 0 Å². The molecule has 2 heteroatoms. The lowest BCUT2D eigenvalue weighted by atomic mass is 9.93. The SMILES string of the molecule is CC(C)c1cccc(C(C)C)c1N=CN(C)C. The molecule has 0 radical (unpaired) electrons. The Balaban J connectivity index is 3.28. The standard InChI is InChI=1S/C15H24N2/c1-11(2)13-8-7-9-14(12(3)4)15(13)16-10-17(5)6/h7-12H,1-6H3. The van der Waals surface area contributed by atoms with Crippen LogP contribution < -0.4 is 0 Å². The van der Waals surface area contributed by atoms with Gasteiger partial charge < -0.3 is 4.90 Å². The van der Waals surface area contributed by atoms with Gasteiger partial charge in [0.05, 0.1) is 12.0 Å². The molecular formula is C15H24N2. The van der Waals surface area contributed by atoms with E-state index in [1.807, 2.05) is 25.3 Å². The summed E-state index contributed by atoms with van der Waals surface area (Å²) in [5.74, 6) is 1.01. The summed E-state index contributed by atoms with van der Waals surface area (Å²) in [4.78, 5) is 6.62. The minimum atomic E-state index is 0.503. The van der Waals surface area contributed by atoms with Crippen LogP contribution in [0.3, 0.4) is 0 Å². The number of hydrogen-bond acceptors (Lipinski definition) is 1. The van der Waals surface area contributed by atoms with Gasteiger partial charge in [-0.3, -0.25) is 0 Å². The minimum Gasteiger partial charge on any atom is -0.369 e. The molecule has 0 atom stereocenters. The monoisotopic (exact) mass is 232 g/mol. The maximum absolute atomic E-state index is 4.65. The third-order valence-electron chi connectivity index (χ3n) is 2.76. The molecule has 0 spiro atoms. The molecule has 94 valence electrons. The van der Waals surface area contributed by atoms with Crippen LogP contribution in [-0.4, -0.2) is 25.3 Å². The van der Waals surface area contributed by atoms with Crippen LogP contribution in [0.5, 0.6) is 0 Å². The van der Waals surface area contributed by atoms with Gasteiger partial charge in [-0.1, -0.05) is 45.9 Å². The largest absolute Gasteiger partial charge is 0.369 e. The van der Waals surface area contributed by atoms with Gasteiger partial charge in [0.2, 0.25) is 0 Å². The summed E-state index contributed by atoms with van der Waals surface area (Å²) in [5.41, 5.74) is 3.80. The highest BCUT2D eigenvalue weighted by Gasteiger charge is 2.12. The van der Waals surface area contributed by atoms with Crippen molar-refractivity contribution in [2.24, 2.45) is 4.99 Å². The Morgan fingerprint density at radius 1 is 1.00 bits per heavy atom. The first-order valence-corrected chi connectivity index (χ1v) is 6.27. The molecule has 1 aromatic carbocycles. The second kappa shape index (κ2) is 5.85. The van der Waals surface area contributed by atoms with E-state index in [0.29, 0.717) is 11.8 Å². The zero-order chi connectivity index (χ0) is 13.0. The molecule has 0 aliphatic carbocycles. The summed E-state index contributed by atoms with van der Waals surface area (Å²) in [6.45, 7) is 8.87. The van der Waals surface area contributed by atoms with E-state index >= 15 is 0 Å². The van der Waals surface area contributed by atoms with Gasteiger partial charge in [-0.05, 0) is 23.0 Å². The van der Waals surface area contributed by atoms with Crippen LogP contribution in [0.1, 0.15) is 50.7 Å². The Kier molecular flexibility index (Phi) is 4.73. The summed E-state index contributed by atoms with van der Waals surface area (Å²) in [6, 6.07) is 6.50. The quantitative estimate of drug-likeness (QED) is 0.562. The van der Waals surface area contributed by atoms with Gasteiger partial charge >= 0.3 is 0 Å². The molecule has 0 unspecified atom stereocenters. The van der Waals surface area contributed by atoms with E-state index in [1.165, 1.54) is 11.1 Å². The van der Waals surface area contributed by atoms with Crippen LogP contribution in [0.25, 0.3) is 0 Å². The molecule has 0 bridgehead atoms. The molecule has 0 aliphatic heterocycles. The van der Waals surface area contributed by atoms with E-state index in [-0.39, 0.29) is 0 Å². The van der Waals surface area contributed by atoms with Crippen molar-refractivity contribution in [3.63, 3.8) is 0 Å². The van der Waals surface area contributed by atoms with Crippen LogP contribution in [0.15, 0.2) is 23.2 Å². The summed E-state index contributed by atoms with van der Waals surface area (Å²) in [7, 11) is 3.99. The fourth-order valence-electron chi connectivity index (χ4n) is 1.83. The molecule has 0 saturated carbocycles. The predicted octanol–water partition coefficient (Wildman–Crippen LogP) is 4.15. The molecule has 0 N–H and O–H groups in total. The number of hydrogen-bond donors (Lipinski definition) is 0. The van der Waals surface area contributed by atoms with E-state index in [0.717, 1.165) is 5.69 Å². The molecule has 2 nitrogen and oxygen atoms in total.